The number of amides is 2. The molecule has 8 nitrogen and oxygen atoms in total. The molecule has 0 saturated heterocycles. The van der Waals surface area contributed by atoms with Crippen LogP contribution in [0.15, 0.2) is 73.3 Å². The zero-order chi connectivity index (χ0) is 24.9. The maximum absolute atomic E-state index is 12.9. The summed E-state index contributed by atoms with van der Waals surface area (Å²) in [6.45, 7) is 3.31. The number of rotatable bonds is 7. The van der Waals surface area contributed by atoms with E-state index in [0.717, 1.165) is 40.9 Å². The average Bonchev–Trinajstić information content (AvgIpc) is 3.42. The third-order valence-electron chi connectivity index (χ3n) is 6.38. The lowest BCUT2D eigenvalue weighted by Crippen LogP contribution is -2.36. The average molecular weight is 481 g/mol. The van der Waals surface area contributed by atoms with E-state index in [1.807, 2.05) is 54.5 Å². The Balaban J connectivity index is 1.19. The molecule has 1 aliphatic heterocycles. The van der Waals surface area contributed by atoms with Crippen LogP contribution in [0.25, 0.3) is 5.69 Å². The van der Waals surface area contributed by atoms with Crippen molar-refractivity contribution in [3.05, 3.63) is 101 Å². The van der Waals surface area contributed by atoms with Crippen molar-refractivity contribution in [3.8, 4) is 5.69 Å². The molecule has 2 amide bonds. The summed E-state index contributed by atoms with van der Waals surface area (Å²) in [5.74, 6) is 0.0544. The maximum Gasteiger partial charge on any atom is 0.228 e. The Morgan fingerprint density at radius 2 is 1.94 bits per heavy atom. The summed E-state index contributed by atoms with van der Waals surface area (Å²) >= 11 is 0. The van der Waals surface area contributed by atoms with Crippen LogP contribution in [0.1, 0.15) is 34.2 Å². The van der Waals surface area contributed by atoms with Crippen LogP contribution in [0, 0.1) is 6.92 Å². The molecule has 0 saturated carbocycles. The third kappa shape index (κ3) is 5.66. The first-order valence-corrected chi connectivity index (χ1v) is 12.1. The second-order valence-electron chi connectivity index (χ2n) is 9.16. The monoisotopic (exact) mass is 480 g/mol. The topological polar surface area (TPSA) is 93.0 Å². The van der Waals surface area contributed by atoms with Gasteiger partial charge in [-0.15, -0.1) is 5.10 Å². The van der Waals surface area contributed by atoms with Crippen molar-refractivity contribution in [2.45, 2.75) is 39.2 Å². The van der Waals surface area contributed by atoms with Gasteiger partial charge in [-0.2, -0.15) is 0 Å². The molecule has 0 bridgehead atoms. The van der Waals surface area contributed by atoms with Gasteiger partial charge < -0.3 is 10.2 Å². The number of nitrogens with zero attached hydrogens (tertiary/aromatic N) is 5. The lowest BCUT2D eigenvalue weighted by Gasteiger charge is -2.29. The Morgan fingerprint density at radius 1 is 1.03 bits per heavy atom. The molecule has 0 atom stereocenters. The molecule has 0 aliphatic carbocycles. The van der Waals surface area contributed by atoms with Gasteiger partial charge in [0.25, 0.3) is 0 Å². The first kappa shape index (κ1) is 23.4. The molecule has 2 aromatic heterocycles. The number of benzene rings is 2. The molecule has 1 N–H and O–H groups in total. The highest BCUT2D eigenvalue weighted by Gasteiger charge is 2.21. The zero-order valence-electron chi connectivity index (χ0n) is 20.2. The second-order valence-corrected chi connectivity index (χ2v) is 9.16. The highest BCUT2D eigenvalue weighted by Crippen LogP contribution is 2.22. The van der Waals surface area contributed by atoms with Crippen molar-refractivity contribution >= 4 is 17.5 Å². The normalized spacial score (nSPS) is 12.8. The smallest absolute Gasteiger partial charge is 0.228 e. The number of nitrogens with one attached hydrogen (secondary N) is 1. The quantitative estimate of drug-likeness (QED) is 0.436. The molecule has 0 radical (unpaired) electrons. The number of carbonyl (C=O) groups is 2. The van der Waals surface area contributed by atoms with Crippen LogP contribution in [-0.2, 0) is 35.4 Å². The van der Waals surface area contributed by atoms with Gasteiger partial charge in [-0.1, -0.05) is 35.5 Å². The van der Waals surface area contributed by atoms with E-state index in [9.17, 15) is 9.59 Å². The second kappa shape index (κ2) is 10.5. The van der Waals surface area contributed by atoms with Crippen LogP contribution in [0.2, 0.25) is 0 Å². The Morgan fingerprint density at radius 3 is 2.78 bits per heavy atom. The van der Waals surface area contributed by atoms with E-state index in [4.69, 9.17) is 0 Å². The number of fused-ring (bicyclic) bond motifs is 1. The van der Waals surface area contributed by atoms with E-state index in [2.05, 4.69) is 38.8 Å². The highest BCUT2D eigenvalue weighted by atomic mass is 16.2. The van der Waals surface area contributed by atoms with Gasteiger partial charge in [-0.05, 0) is 65.8 Å². The van der Waals surface area contributed by atoms with Gasteiger partial charge in [-0.3, -0.25) is 14.6 Å². The van der Waals surface area contributed by atoms with Crippen LogP contribution >= 0.6 is 0 Å². The van der Waals surface area contributed by atoms with Crippen molar-refractivity contribution in [2.24, 2.45) is 0 Å². The molecule has 1 aliphatic rings. The van der Waals surface area contributed by atoms with Crippen LogP contribution in [0.3, 0.4) is 0 Å². The minimum absolute atomic E-state index is 0.0961. The molecular formula is C28H28N6O2. The summed E-state index contributed by atoms with van der Waals surface area (Å²) < 4.78 is 1.64. The van der Waals surface area contributed by atoms with Crippen molar-refractivity contribution in [3.63, 3.8) is 0 Å². The number of pyridine rings is 1. The van der Waals surface area contributed by atoms with E-state index in [0.29, 0.717) is 25.1 Å². The fourth-order valence-electron chi connectivity index (χ4n) is 4.56. The molecule has 0 fully saturated rings. The number of carbonyl (C=O) groups excluding carboxylic acids is 2. The predicted octanol–water partition coefficient (Wildman–Crippen LogP) is 3.67. The van der Waals surface area contributed by atoms with Gasteiger partial charge in [-0.25, -0.2) is 4.68 Å². The van der Waals surface area contributed by atoms with Gasteiger partial charge in [0, 0.05) is 37.6 Å². The van der Waals surface area contributed by atoms with Crippen molar-refractivity contribution in [1.82, 2.24) is 24.9 Å². The highest BCUT2D eigenvalue weighted by molar-refractivity contribution is 5.92. The summed E-state index contributed by atoms with van der Waals surface area (Å²) in [5, 5.41) is 10.8. The first-order valence-electron chi connectivity index (χ1n) is 12.1. The number of hydrogen-bond acceptors (Lipinski definition) is 5. The largest absolute Gasteiger partial charge is 0.338 e. The Kier molecular flexibility index (Phi) is 6.84. The fraction of sp³-hybridized carbons (Fsp3) is 0.250. The molecule has 3 heterocycles. The van der Waals surface area contributed by atoms with E-state index in [-0.39, 0.29) is 18.2 Å². The molecular weight excluding hydrogens is 452 g/mol. The summed E-state index contributed by atoms with van der Waals surface area (Å²) in [6, 6.07) is 15.7. The summed E-state index contributed by atoms with van der Waals surface area (Å²) in [6.07, 6.45) is 9.25. The molecule has 4 aromatic rings. The van der Waals surface area contributed by atoms with Gasteiger partial charge in [0.15, 0.2) is 0 Å². The maximum atomic E-state index is 12.9. The predicted molar refractivity (Wildman–Crippen MR) is 137 cm³/mol. The van der Waals surface area contributed by atoms with Crippen molar-refractivity contribution in [1.29, 1.82) is 0 Å². The minimum Gasteiger partial charge on any atom is -0.338 e. The lowest BCUT2D eigenvalue weighted by atomic mass is 9.96. The number of aromatic nitrogens is 4. The number of hydrogen-bond donors (Lipinski definition) is 1. The summed E-state index contributed by atoms with van der Waals surface area (Å²) in [4.78, 5) is 31.8. The molecule has 0 spiro atoms. The molecule has 8 heteroatoms. The Labute approximate surface area is 210 Å². The van der Waals surface area contributed by atoms with Gasteiger partial charge >= 0.3 is 0 Å². The number of aryl methyl sites for hydroxylation is 2. The molecule has 2 aromatic carbocycles. The van der Waals surface area contributed by atoms with E-state index >= 15 is 0 Å². The Hall–Kier alpha value is -4.33. The fourth-order valence-corrected chi connectivity index (χ4v) is 4.56. The van der Waals surface area contributed by atoms with Crippen LogP contribution in [0.5, 0.6) is 0 Å². The van der Waals surface area contributed by atoms with Crippen molar-refractivity contribution < 1.29 is 9.59 Å². The van der Waals surface area contributed by atoms with Gasteiger partial charge in [0.2, 0.25) is 11.8 Å². The van der Waals surface area contributed by atoms with Gasteiger partial charge in [0.1, 0.15) is 0 Å². The minimum atomic E-state index is -0.0961. The molecule has 36 heavy (non-hydrogen) atoms. The van der Waals surface area contributed by atoms with Crippen LogP contribution < -0.4 is 5.32 Å². The van der Waals surface area contributed by atoms with Gasteiger partial charge in [0.05, 0.1) is 24.5 Å². The number of anilines is 1. The van der Waals surface area contributed by atoms with E-state index < -0.39 is 0 Å². The Bertz CT molecular complexity index is 1380. The summed E-state index contributed by atoms with van der Waals surface area (Å²) in [7, 11) is 0. The molecule has 5 rings (SSSR count). The van der Waals surface area contributed by atoms with Crippen LogP contribution in [0.4, 0.5) is 5.69 Å². The van der Waals surface area contributed by atoms with E-state index in [1.54, 1.807) is 17.1 Å². The lowest BCUT2D eigenvalue weighted by molar-refractivity contribution is -0.132. The van der Waals surface area contributed by atoms with E-state index in [1.165, 1.54) is 5.56 Å². The zero-order valence-corrected chi connectivity index (χ0v) is 20.2. The standard InChI is InChI=1S/C28H28N6O2/c1-20-13-22(18-29-17-20)6-8-28(36)33-11-9-23-7-5-21(14-24(23)19-33)15-27(35)31-25-3-2-4-26(16-25)34-12-10-30-32-34/h2-5,7,10,12-14,16-18H,6,8-9,11,15,19H2,1H3,(H,31,35). The third-order valence-corrected chi connectivity index (χ3v) is 6.38. The first-order chi connectivity index (χ1) is 17.5. The summed E-state index contributed by atoms with van der Waals surface area (Å²) in [5.41, 5.74) is 7.00. The molecule has 0 unspecified atom stereocenters. The van der Waals surface area contributed by atoms with Crippen LogP contribution in [-0.4, -0.2) is 43.2 Å². The molecule has 182 valence electrons. The van der Waals surface area contributed by atoms with Crippen molar-refractivity contribution in [2.75, 3.05) is 11.9 Å². The SMILES string of the molecule is Cc1cncc(CCC(=O)N2CCc3ccc(CC(=O)Nc4cccc(-n5ccnn5)c4)cc3C2)c1.